The van der Waals surface area contributed by atoms with Crippen LogP contribution in [0.5, 0.6) is 0 Å². The molecule has 0 amide bonds. The third kappa shape index (κ3) is 1.63. The standard InChI is InChI=1S/C11H11NO3S/c1-7(11(14)15-2)12-10(13)8-5-3-4-6-9(8)16-12/h3-7H,1-2H3. The van der Waals surface area contributed by atoms with Crippen molar-refractivity contribution in [2.45, 2.75) is 13.0 Å². The maximum Gasteiger partial charge on any atom is 0.329 e. The van der Waals surface area contributed by atoms with Crippen LogP contribution in [0.25, 0.3) is 10.1 Å². The third-order valence-corrected chi connectivity index (χ3v) is 3.64. The first kappa shape index (κ1) is 10.9. The Morgan fingerprint density at radius 2 is 2.12 bits per heavy atom. The highest BCUT2D eigenvalue weighted by Crippen LogP contribution is 2.19. The average Bonchev–Trinajstić information content (AvgIpc) is 2.65. The minimum absolute atomic E-state index is 0.140. The zero-order valence-electron chi connectivity index (χ0n) is 8.97. The highest BCUT2D eigenvalue weighted by molar-refractivity contribution is 7.13. The lowest BCUT2D eigenvalue weighted by Crippen LogP contribution is -2.24. The van der Waals surface area contributed by atoms with Crippen LogP contribution in [-0.2, 0) is 9.53 Å². The molecule has 1 atom stereocenters. The van der Waals surface area contributed by atoms with Crippen LogP contribution in [-0.4, -0.2) is 17.0 Å². The van der Waals surface area contributed by atoms with Crippen molar-refractivity contribution in [3.05, 3.63) is 34.6 Å². The normalized spacial score (nSPS) is 12.6. The topological polar surface area (TPSA) is 48.3 Å². The van der Waals surface area contributed by atoms with E-state index in [-0.39, 0.29) is 5.56 Å². The average molecular weight is 237 g/mol. The molecule has 0 aliphatic rings. The van der Waals surface area contributed by atoms with E-state index < -0.39 is 12.0 Å². The molecule has 0 aliphatic carbocycles. The summed E-state index contributed by atoms with van der Waals surface area (Å²) in [7, 11) is 1.32. The van der Waals surface area contributed by atoms with Crippen molar-refractivity contribution < 1.29 is 9.53 Å². The van der Waals surface area contributed by atoms with E-state index in [9.17, 15) is 9.59 Å². The number of aromatic nitrogens is 1. The second-order valence-electron chi connectivity index (χ2n) is 3.42. The van der Waals surface area contributed by atoms with Gasteiger partial charge in [-0.05, 0) is 19.1 Å². The summed E-state index contributed by atoms with van der Waals surface area (Å²) in [4.78, 5) is 23.3. The lowest BCUT2D eigenvalue weighted by atomic mass is 10.3. The Bertz CT molecular complexity index is 584. The highest BCUT2D eigenvalue weighted by atomic mass is 32.1. The summed E-state index contributed by atoms with van der Waals surface area (Å²) in [6.45, 7) is 1.66. The molecule has 0 bridgehead atoms. The predicted octanol–water partition coefficient (Wildman–Crippen LogP) is 1.80. The van der Waals surface area contributed by atoms with E-state index in [1.54, 1.807) is 13.0 Å². The quantitative estimate of drug-likeness (QED) is 0.748. The van der Waals surface area contributed by atoms with Crippen molar-refractivity contribution in [1.82, 2.24) is 3.96 Å². The largest absolute Gasteiger partial charge is 0.467 e. The Kier molecular flexibility index (Phi) is 2.78. The number of rotatable bonds is 2. The molecule has 4 nitrogen and oxygen atoms in total. The van der Waals surface area contributed by atoms with Gasteiger partial charge in [0.05, 0.1) is 17.2 Å². The van der Waals surface area contributed by atoms with Gasteiger partial charge in [0.2, 0.25) is 0 Å². The lowest BCUT2D eigenvalue weighted by molar-refractivity contribution is -0.143. The van der Waals surface area contributed by atoms with Crippen LogP contribution in [0.2, 0.25) is 0 Å². The summed E-state index contributed by atoms with van der Waals surface area (Å²) in [5.74, 6) is -0.409. The Morgan fingerprint density at radius 1 is 1.44 bits per heavy atom. The Hall–Kier alpha value is -1.62. The number of benzene rings is 1. The van der Waals surface area contributed by atoms with Crippen LogP contribution in [0.3, 0.4) is 0 Å². The smallest absolute Gasteiger partial charge is 0.329 e. The minimum atomic E-state index is -0.574. The molecule has 0 saturated heterocycles. The van der Waals surface area contributed by atoms with Crippen LogP contribution in [0.15, 0.2) is 29.1 Å². The molecule has 0 aliphatic heterocycles. The minimum Gasteiger partial charge on any atom is -0.467 e. The molecule has 84 valence electrons. The van der Waals surface area contributed by atoms with Crippen LogP contribution >= 0.6 is 11.5 Å². The van der Waals surface area contributed by atoms with Crippen molar-refractivity contribution >= 4 is 27.6 Å². The van der Waals surface area contributed by atoms with Crippen molar-refractivity contribution in [2.24, 2.45) is 0 Å². The fourth-order valence-electron chi connectivity index (χ4n) is 1.51. The Labute approximate surface area is 96.2 Å². The summed E-state index contributed by atoms with van der Waals surface area (Å²) >= 11 is 1.28. The third-order valence-electron chi connectivity index (χ3n) is 2.41. The van der Waals surface area contributed by atoms with Gasteiger partial charge in [-0.3, -0.25) is 4.79 Å². The van der Waals surface area contributed by atoms with E-state index in [1.807, 2.05) is 18.2 Å². The molecule has 0 spiro atoms. The summed E-state index contributed by atoms with van der Waals surface area (Å²) in [5.41, 5.74) is -0.140. The number of esters is 1. The molecule has 0 saturated carbocycles. The van der Waals surface area contributed by atoms with Gasteiger partial charge in [0.25, 0.3) is 5.56 Å². The second-order valence-corrected chi connectivity index (χ2v) is 4.43. The van der Waals surface area contributed by atoms with Crippen LogP contribution in [0, 0.1) is 0 Å². The first-order valence-electron chi connectivity index (χ1n) is 4.83. The summed E-state index contributed by atoms with van der Waals surface area (Å²) < 4.78 is 6.94. The Balaban J connectivity index is 2.58. The van der Waals surface area contributed by atoms with Gasteiger partial charge in [0.15, 0.2) is 0 Å². The fourth-order valence-corrected chi connectivity index (χ4v) is 2.54. The second kappa shape index (κ2) is 4.09. The maximum absolute atomic E-state index is 12.0. The van der Waals surface area contributed by atoms with Gasteiger partial charge >= 0.3 is 5.97 Å². The summed E-state index contributed by atoms with van der Waals surface area (Å²) in [6, 6.07) is 6.72. The van der Waals surface area contributed by atoms with Gasteiger partial charge in [-0.25, -0.2) is 8.75 Å². The van der Waals surface area contributed by atoms with E-state index in [1.165, 1.54) is 22.6 Å². The number of carbonyl (C=O) groups is 1. The molecular weight excluding hydrogens is 226 g/mol. The number of methoxy groups -OCH3 is 1. The predicted molar refractivity (Wildman–Crippen MR) is 62.8 cm³/mol. The molecule has 0 fully saturated rings. The molecule has 2 rings (SSSR count). The molecule has 16 heavy (non-hydrogen) atoms. The number of nitrogens with zero attached hydrogens (tertiary/aromatic N) is 1. The van der Waals surface area contributed by atoms with Crippen LogP contribution < -0.4 is 5.56 Å². The van der Waals surface area contributed by atoms with Crippen molar-refractivity contribution in [3.63, 3.8) is 0 Å². The summed E-state index contributed by atoms with van der Waals surface area (Å²) in [6.07, 6.45) is 0. The molecule has 0 radical (unpaired) electrons. The van der Waals surface area contributed by atoms with E-state index in [0.717, 1.165) is 4.70 Å². The van der Waals surface area contributed by atoms with Gasteiger partial charge in [0.1, 0.15) is 6.04 Å². The van der Waals surface area contributed by atoms with Gasteiger partial charge < -0.3 is 4.74 Å². The Morgan fingerprint density at radius 3 is 2.75 bits per heavy atom. The molecule has 5 heteroatoms. The number of hydrogen-bond acceptors (Lipinski definition) is 4. The van der Waals surface area contributed by atoms with E-state index in [4.69, 9.17) is 0 Å². The molecule has 1 aromatic heterocycles. The van der Waals surface area contributed by atoms with Crippen LogP contribution in [0.1, 0.15) is 13.0 Å². The maximum atomic E-state index is 12.0. The van der Waals surface area contributed by atoms with E-state index in [0.29, 0.717) is 5.39 Å². The number of hydrogen-bond donors (Lipinski definition) is 0. The van der Waals surface area contributed by atoms with E-state index in [2.05, 4.69) is 4.74 Å². The first-order valence-corrected chi connectivity index (χ1v) is 5.61. The molecule has 2 aromatic rings. The van der Waals surface area contributed by atoms with Gasteiger partial charge in [-0.15, -0.1) is 0 Å². The zero-order chi connectivity index (χ0) is 11.7. The van der Waals surface area contributed by atoms with Crippen molar-refractivity contribution in [2.75, 3.05) is 7.11 Å². The lowest BCUT2D eigenvalue weighted by Gasteiger charge is -2.07. The number of fused-ring (bicyclic) bond motifs is 1. The van der Waals surface area contributed by atoms with Crippen molar-refractivity contribution in [1.29, 1.82) is 0 Å². The monoisotopic (exact) mass is 237 g/mol. The number of carbonyl (C=O) groups excluding carboxylic acids is 1. The van der Waals surface area contributed by atoms with E-state index >= 15 is 0 Å². The fraction of sp³-hybridized carbons (Fsp3) is 0.273. The molecule has 0 N–H and O–H groups in total. The van der Waals surface area contributed by atoms with Gasteiger partial charge in [-0.1, -0.05) is 23.7 Å². The molecule has 1 heterocycles. The SMILES string of the molecule is COC(=O)C(C)n1sc2ccccc2c1=O. The van der Waals surface area contributed by atoms with Crippen molar-refractivity contribution in [3.8, 4) is 0 Å². The first-order chi connectivity index (χ1) is 7.65. The van der Waals surface area contributed by atoms with Gasteiger partial charge in [0, 0.05) is 0 Å². The molecule has 1 unspecified atom stereocenters. The number of ether oxygens (including phenoxy) is 1. The highest BCUT2D eigenvalue weighted by Gasteiger charge is 2.19. The van der Waals surface area contributed by atoms with Crippen LogP contribution in [0.4, 0.5) is 0 Å². The zero-order valence-corrected chi connectivity index (χ0v) is 9.78. The summed E-state index contributed by atoms with van der Waals surface area (Å²) in [5, 5.41) is 0.642. The molecular formula is C11H11NO3S. The van der Waals surface area contributed by atoms with Gasteiger partial charge in [-0.2, -0.15) is 0 Å². The molecule has 1 aromatic carbocycles.